The minimum atomic E-state index is 0.539. The van der Waals surface area contributed by atoms with E-state index < -0.39 is 0 Å². The number of hydrogen-bond donors (Lipinski definition) is 1. The van der Waals surface area contributed by atoms with E-state index >= 15 is 0 Å². The van der Waals surface area contributed by atoms with E-state index in [-0.39, 0.29) is 0 Å². The number of rotatable bonds is 4. The Morgan fingerprint density at radius 1 is 1.30 bits per heavy atom. The number of para-hydroxylation sites is 1. The molecule has 0 spiro atoms. The molecule has 2 aliphatic rings. The van der Waals surface area contributed by atoms with Crippen LogP contribution in [0.1, 0.15) is 18.4 Å². The topological polar surface area (TPSA) is 39.7 Å². The molecule has 0 unspecified atom stereocenters. The molecule has 0 radical (unpaired) electrons. The molecule has 4 nitrogen and oxygen atoms in total. The summed E-state index contributed by atoms with van der Waals surface area (Å²) < 4.78 is 16.6. The van der Waals surface area contributed by atoms with Gasteiger partial charge in [0.2, 0.25) is 0 Å². The first-order valence-corrected chi connectivity index (χ1v) is 7.46. The van der Waals surface area contributed by atoms with Gasteiger partial charge in [0.1, 0.15) is 0 Å². The van der Waals surface area contributed by atoms with Gasteiger partial charge in [-0.1, -0.05) is 12.1 Å². The van der Waals surface area contributed by atoms with E-state index in [9.17, 15) is 0 Å². The summed E-state index contributed by atoms with van der Waals surface area (Å²) in [5, 5.41) is 3.66. The lowest BCUT2D eigenvalue weighted by atomic mass is 9.95. The van der Waals surface area contributed by atoms with Crippen molar-refractivity contribution in [1.29, 1.82) is 0 Å². The van der Waals surface area contributed by atoms with Gasteiger partial charge in [-0.3, -0.25) is 0 Å². The minimum Gasteiger partial charge on any atom is -0.493 e. The van der Waals surface area contributed by atoms with E-state index in [2.05, 4.69) is 11.4 Å². The highest BCUT2D eigenvalue weighted by Gasteiger charge is 2.23. The van der Waals surface area contributed by atoms with Gasteiger partial charge in [-0.05, 0) is 30.9 Å². The SMILES string of the molecule is COc1cccc2c1OC[C@H](CNC1CCOCC1)C2. The Morgan fingerprint density at radius 2 is 2.15 bits per heavy atom. The highest BCUT2D eigenvalue weighted by Crippen LogP contribution is 2.35. The highest BCUT2D eigenvalue weighted by atomic mass is 16.5. The molecule has 0 aliphatic carbocycles. The Bertz CT molecular complexity index is 443. The predicted molar refractivity (Wildman–Crippen MR) is 77.5 cm³/mol. The van der Waals surface area contributed by atoms with Gasteiger partial charge in [0.05, 0.1) is 13.7 Å². The van der Waals surface area contributed by atoms with Gasteiger partial charge >= 0.3 is 0 Å². The van der Waals surface area contributed by atoms with Gasteiger partial charge < -0.3 is 19.5 Å². The largest absolute Gasteiger partial charge is 0.493 e. The quantitative estimate of drug-likeness (QED) is 0.914. The summed E-state index contributed by atoms with van der Waals surface area (Å²) in [6.45, 7) is 3.56. The van der Waals surface area contributed by atoms with Crippen molar-refractivity contribution in [3.8, 4) is 11.5 Å². The van der Waals surface area contributed by atoms with Gasteiger partial charge in [-0.15, -0.1) is 0 Å². The summed E-state index contributed by atoms with van der Waals surface area (Å²) >= 11 is 0. The Labute approximate surface area is 120 Å². The van der Waals surface area contributed by atoms with Crippen molar-refractivity contribution in [1.82, 2.24) is 5.32 Å². The molecular weight excluding hydrogens is 254 g/mol. The van der Waals surface area contributed by atoms with Gasteiger partial charge in [-0.2, -0.15) is 0 Å². The van der Waals surface area contributed by atoms with Gasteiger partial charge in [-0.25, -0.2) is 0 Å². The van der Waals surface area contributed by atoms with Crippen molar-refractivity contribution >= 4 is 0 Å². The van der Waals surface area contributed by atoms with Crippen molar-refractivity contribution < 1.29 is 14.2 Å². The molecule has 1 fully saturated rings. The average molecular weight is 277 g/mol. The maximum Gasteiger partial charge on any atom is 0.164 e. The van der Waals surface area contributed by atoms with Crippen LogP contribution in [0.4, 0.5) is 0 Å². The molecule has 0 amide bonds. The molecule has 1 N–H and O–H groups in total. The van der Waals surface area contributed by atoms with Crippen molar-refractivity contribution in [3.63, 3.8) is 0 Å². The molecule has 0 aromatic heterocycles. The molecule has 1 aromatic rings. The first-order valence-electron chi connectivity index (χ1n) is 7.46. The van der Waals surface area contributed by atoms with Crippen LogP contribution in [0.15, 0.2) is 18.2 Å². The monoisotopic (exact) mass is 277 g/mol. The molecular formula is C16H23NO3. The molecule has 1 saturated heterocycles. The Balaban J connectivity index is 1.55. The van der Waals surface area contributed by atoms with Crippen LogP contribution >= 0.6 is 0 Å². The van der Waals surface area contributed by atoms with Crippen LogP contribution in [0.25, 0.3) is 0 Å². The average Bonchev–Trinajstić information content (AvgIpc) is 2.53. The lowest BCUT2D eigenvalue weighted by Gasteiger charge is -2.29. The summed E-state index contributed by atoms with van der Waals surface area (Å²) in [6, 6.07) is 6.74. The van der Waals surface area contributed by atoms with Crippen LogP contribution in [0.5, 0.6) is 11.5 Å². The third kappa shape index (κ3) is 3.07. The summed E-state index contributed by atoms with van der Waals surface area (Å²) in [5.74, 6) is 2.31. The standard InChI is InChI=1S/C16H23NO3/c1-18-15-4-2-3-13-9-12(11-20-16(13)15)10-17-14-5-7-19-8-6-14/h2-4,12,14,17H,5-11H2,1H3/t12-/m0/s1. The molecule has 20 heavy (non-hydrogen) atoms. The molecule has 110 valence electrons. The van der Waals surface area contributed by atoms with Crippen LogP contribution < -0.4 is 14.8 Å². The van der Waals surface area contributed by atoms with Crippen LogP contribution in [0.2, 0.25) is 0 Å². The molecule has 1 aromatic carbocycles. The first-order chi connectivity index (χ1) is 9.86. The fourth-order valence-corrected chi connectivity index (χ4v) is 2.98. The third-order valence-corrected chi connectivity index (χ3v) is 4.17. The fraction of sp³-hybridized carbons (Fsp3) is 0.625. The Morgan fingerprint density at radius 3 is 2.95 bits per heavy atom. The molecule has 0 saturated carbocycles. The predicted octanol–water partition coefficient (Wildman–Crippen LogP) is 2.01. The van der Waals surface area contributed by atoms with Crippen LogP contribution in [-0.4, -0.2) is 39.5 Å². The van der Waals surface area contributed by atoms with Crippen LogP contribution in [0, 0.1) is 5.92 Å². The third-order valence-electron chi connectivity index (χ3n) is 4.17. The fourth-order valence-electron chi connectivity index (χ4n) is 2.98. The van der Waals surface area contributed by atoms with E-state index in [1.807, 2.05) is 12.1 Å². The summed E-state index contributed by atoms with van der Waals surface area (Å²) in [7, 11) is 1.69. The summed E-state index contributed by atoms with van der Waals surface area (Å²) in [6.07, 6.45) is 3.30. The van der Waals surface area contributed by atoms with Gasteiger partial charge in [0.15, 0.2) is 11.5 Å². The molecule has 3 rings (SSSR count). The highest BCUT2D eigenvalue weighted by molar-refractivity contribution is 5.47. The summed E-state index contributed by atoms with van der Waals surface area (Å²) in [4.78, 5) is 0. The number of methoxy groups -OCH3 is 1. The smallest absolute Gasteiger partial charge is 0.164 e. The zero-order valence-corrected chi connectivity index (χ0v) is 12.1. The maximum absolute atomic E-state index is 5.91. The molecule has 2 aliphatic heterocycles. The normalized spacial score (nSPS) is 22.9. The van der Waals surface area contributed by atoms with Crippen molar-refractivity contribution in [2.24, 2.45) is 5.92 Å². The van der Waals surface area contributed by atoms with Crippen LogP contribution in [0.3, 0.4) is 0 Å². The summed E-state index contributed by atoms with van der Waals surface area (Å²) in [5.41, 5.74) is 1.26. The van der Waals surface area contributed by atoms with E-state index in [4.69, 9.17) is 14.2 Å². The molecule has 0 bridgehead atoms. The van der Waals surface area contributed by atoms with Gasteiger partial charge in [0, 0.05) is 31.7 Å². The second-order valence-corrected chi connectivity index (χ2v) is 5.62. The number of nitrogens with one attached hydrogen (secondary N) is 1. The van der Waals surface area contributed by atoms with Crippen LogP contribution in [-0.2, 0) is 11.2 Å². The van der Waals surface area contributed by atoms with Crippen molar-refractivity contribution in [3.05, 3.63) is 23.8 Å². The zero-order chi connectivity index (χ0) is 13.8. The lowest BCUT2D eigenvalue weighted by molar-refractivity contribution is 0.0755. The van der Waals surface area contributed by atoms with Crippen molar-refractivity contribution in [2.45, 2.75) is 25.3 Å². The van der Waals surface area contributed by atoms with E-state index in [0.29, 0.717) is 12.0 Å². The zero-order valence-electron chi connectivity index (χ0n) is 12.1. The van der Waals surface area contributed by atoms with E-state index in [1.165, 1.54) is 5.56 Å². The van der Waals surface area contributed by atoms with E-state index in [1.54, 1.807) is 7.11 Å². The second-order valence-electron chi connectivity index (χ2n) is 5.62. The lowest BCUT2D eigenvalue weighted by Crippen LogP contribution is -2.40. The molecule has 4 heteroatoms. The van der Waals surface area contributed by atoms with Gasteiger partial charge in [0.25, 0.3) is 0 Å². The number of ether oxygens (including phenoxy) is 3. The molecule has 1 atom stereocenters. The minimum absolute atomic E-state index is 0.539. The maximum atomic E-state index is 5.91. The Hall–Kier alpha value is -1.26. The number of benzene rings is 1. The molecule has 2 heterocycles. The van der Waals surface area contributed by atoms with Crippen molar-refractivity contribution in [2.75, 3.05) is 33.5 Å². The first kappa shape index (κ1) is 13.7. The van der Waals surface area contributed by atoms with E-state index in [0.717, 1.165) is 57.1 Å². The Kier molecular flexibility index (Phi) is 4.43. The number of hydrogen-bond acceptors (Lipinski definition) is 4. The second kappa shape index (κ2) is 6.46. The number of fused-ring (bicyclic) bond motifs is 1.